The van der Waals surface area contributed by atoms with E-state index in [2.05, 4.69) is 0 Å². The van der Waals surface area contributed by atoms with Gasteiger partial charge in [0.15, 0.2) is 0 Å². The molecule has 0 aliphatic rings. The molecule has 0 fully saturated rings. The van der Waals surface area contributed by atoms with Crippen LogP contribution in [0.1, 0.15) is 0 Å². The van der Waals surface area contributed by atoms with Crippen LogP contribution in [0.2, 0.25) is 0 Å². The molecular weight excluding hydrogens is 511 g/mol. The van der Waals surface area contributed by atoms with Gasteiger partial charge in [-0.05, 0) is 0 Å². The molecule has 0 aliphatic carbocycles. The Hall–Kier alpha value is 4.10. The standard InChI is InChI=1S/3GeH4.5Ni/h3*1H4;;;;;. The summed E-state index contributed by atoms with van der Waals surface area (Å²) in [6, 6.07) is 0. The van der Waals surface area contributed by atoms with Gasteiger partial charge in [-0.1, -0.05) is 0 Å². The maximum absolute atomic E-state index is 0. The Morgan fingerprint density at radius 1 is 0.250 bits per heavy atom. The smallest absolute Gasteiger partial charge is 0 e. The van der Waals surface area contributed by atoms with Crippen LogP contribution in [-0.4, -0.2) is 52.8 Å². The fourth-order valence-corrected chi connectivity index (χ4v) is 0. The van der Waals surface area contributed by atoms with Crippen molar-refractivity contribution < 1.29 is 82.5 Å². The van der Waals surface area contributed by atoms with Gasteiger partial charge in [-0.3, -0.25) is 0 Å². The van der Waals surface area contributed by atoms with Crippen molar-refractivity contribution in [1.29, 1.82) is 0 Å². The molecule has 0 aromatic heterocycles. The molecule has 0 bridgehead atoms. The third-order valence-corrected chi connectivity index (χ3v) is 0. The van der Waals surface area contributed by atoms with E-state index in [1.54, 1.807) is 0 Å². The molecule has 0 radical (unpaired) electrons. The van der Waals surface area contributed by atoms with Crippen LogP contribution >= 0.6 is 0 Å². The summed E-state index contributed by atoms with van der Waals surface area (Å²) in [5.41, 5.74) is 0. The first-order valence-electron chi connectivity index (χ1n) is 0. The van der Waals surface area contributed by atoms with Crippen LogP contribution in [-0.2, 0) is 82.5 Å². The van der Waals surface area contributed by atoms with Gasteiger partial charge in [0.05, 0.1) is 0 Å². The second-order valence-electron chi connectivity index (χ2n) is 0. The first-order valence-corrected chi connectivity index (χ1v) is 0. The van der Waals surface area contributed by atoms with E-state index in [-0.39, 0.29) is 135 Å². The Balaban J connectivity index is 0. The van der Waals surface area contributed by atoms with Crippen LogP contribution in [0.4, 0.5) is 0 Å². The zero-order valence-corrected chi connectivity index (χ0v) is 6.52. The van der Waals surface area contributed by atoms with Crippen molar-refractivity contribution in [3.8, 4) is 0 Å². The molecule has 8 heavy (non-hydrogen) atoms. The number of hydrogen-bond donors (Lipinski definition) is 0. The molecule has 0 N–H and O–H groups in total. The van der Waals surface area contributed by atoms with E-state index in [1.807, 2.05) is 0 Å². The molecule has 0 amide bonds. The van der Waals surface area contributed by atoms with Gasteiger partial charge in [-0.25, -0.2) is 0 Å². The third kappa shape index (κ3) is 49.8. The van der Waals surface area contributed by atoms with E-state index in [9.17, 15) is 0 Å². The van der Waals surface area contributed by atoms with Gasteiger partial charge < -0.3 is 0 Å². The summed E-state index contributed by atoms with van der Waals surface area (Å²) in [7, 11) is 0. The summed E-state index contributed by atoms with van der Waals surface area (Å²) >= 11 is 0. The van der Waals surface area contributed by atoms with Crippen molar-refractivity contribution >= 4 is 52.8 Å². The summed E-state index contributed by atoms with van der Waals surface area (Å²) in [6.07, 6.45) is 0. The molecule has 0 spiro atoms. The Morgan fingerprint density at radius 3 is 0.250 bits per heavy atom. The van der Waals surface area contributed by atoms with E-state index in [0.717, 1.165) is 0 Å². The molecule has 0 saturated carbocycles. The van der Waals surface area contributed by atoms with Crippen molar-refractivity contribution in [3.05, 3.63) is 0 Å². The van der Waals surface area contributed by atoms with Crippen LogP contribution in [0.5, 0.6) is 0 Å². The zero-order chi connectivity index (χ0) is 0. The maximum Gasteiger partial charge on any atom is 0 e. The molecule has 0 nitrogen and oxygen atoms in total. The minimum atomic E-state index is 0. The monoisotopic (exact) mass is 524 g/mol. The predicted octanol–water partition coefficient (Wildman–Crippen LogP) is -4.37. The van der Waals surface area contributed by atoms with E-state index in [4.69, 9.17) is 0 Å². The van der Waals surface area contributed by atoms with Gasteiger partial charge in [0.25, 0.3) is 0 Å². The molecule has 0 rings (SSSR count). The molecule has 0 aliphatic heterocycles. The molecule has 0 heterocycles. The van der Waals surface area contributed by atoms with Crippen LogP contribution in [0, 0.1) is 0 Å². The molecule has 0 saturated heterocycles. The van der Waals surface area contributed by atoms with Gasteiger partial charge in [-0.15, -0.1) is 0 Å². The summed E-state index contributed by atoms with van der Waals surface area (Å²) in [5, 5.41) is 0. The topological polar surface area (TPSA) is 0 Å². The van der Waals surface area contributed by atoms with Crippen molar-refractivity contribution in [1.82, 2.24) is 0 Å². The minimum Gasteiger partial charge on any atom is 0 e. The summed E-state index contributed by atoms with van der Waals surface area (Å²) < 4.78 is 0. The SMILES string of the molecule is [GeH4].[GeH4].[GeH4].[Ni].[Ni].[Ni].[Ni].[Ni]. The van der Waals surface area contributed by atoms with Gasteiger partial charge >= 0.3 is 52.8 Å². The first kappa shape index (κ1) is 88.8. The third-order valence-electron chi connectivity index (χ3n) is 0. The largest absolute Gasteiger partial charge is 0 e. The molecule has 0 aromatic carbocycles. The van der Waals surface area contributed by atoms with Crippen LogP contribution in [0.15, 0.2) is 0 Å². The zero-order valence-electron chi connectivity index (χ0n) is 1.58. The molecule has 8 heteroatoms. The Bertz CT molecular complexity index is 7.64. The van der Waals surface area contributed by atoms with Crippen LogP contribution < -0.4 is 0 Å². The molecular formula is H12Ge3Ni5. The van der Waals surface area contributed by atoms with Gasteiger partial charge in [0, 0.05) is 82.5 Å². The van der Waals surface area contributed by atoms with Crippen molar-refractivity contribution in [2.75, 3.05) is 0 Å². The normalized spacial score (nSPS) is 0. The molecule has 0 aromatic rings. The van der Waals surface area contributed by atoms with Crippen molar-refractivity contribution in [3.63, 3.8) is 0 Å². The fourth-order valence-electron chi connectivity index (χ4n) is 0. The Kier molecular flexibility index (Phi) is 748. The van der Waals surface area contributed by atoms with Gasteiger partial charge in [0.2, 0.25) is 0 Å². The Labute approximate surface area is 133 Å². The second kappa shape index (κ2) is 67.4. The van der Waals surface area contributed by atoms with Crippen LogP contribution in [0.3, 0.4) is 0 Å². The number of rotatable bonds is 0. The predicted molar refractivity (Wildman–Crippen MR) is 34.0 cm³/mol. The quantitative estimate of drug-likeness (QED) is 0.282. The maximum atomic E-state index is 0. The summed E-state index contributed by atoms with van der Waals surface area (Å²) in [6.45, 7) is 0. The molecule has 0 unspecified atom stereocenters. The number of hydrogen-bond acceptors (Lipinski definition) is 0. The second-order valence-corrected chi connectivity index (χ2v) is 0. The first-order chi connectivity index (χ1) is 0. The Morgan fingerprint density at radius 2 is 0.250 bits per heavy atom. The van der Waals surface area contributed by atoms with Crippen LogP contribution in [0.25, 0.3) is 0 Å². The fraction of sp³-hybridized carbons (Fsp3) is 0. The average molecular weight is 523 g/mol. The van der Waals surface area contributed by atoms with Gasteiger partial charge in [0.1, 0.15) is 0 Å². The molecule has 0 atom stereocenters. The average Bonchev–Trinajstić information content (AvgIpc) is 0. The summed E-state index contributed by atoms with van der Waals surface area (Å²) in [4.78, 5) is 0. The van der Waals surface area contributed by atoms with E-state index < -0.39 is 0 Å². The van der Waals surface area contributed by atoms with Gasteiger partial charge in [-0.2, -0.15) is 0 Å². The van der Waals surface area contributed by atoms with E-state index in [0.29, 0.717) is 0 Å². The minimum absolute atomic E-state index is 0. The summed E-state index contributed by atoms with van der Waals surface area (Å²) in [5.74, 6) is 0. The van der Waals surface area contributed by atoms with Crippen molar-refractivity contribution in [2.24, 2.45) is 0 Å². The van der Waals surface area contributed by atoms with E-state index >= 15 is 0 Å². The molecule has 74 valence electrons. The van der Waals surface area contributed by atoms with Crippen molar-refractivity contribution in [2.45, 2.75) is 0 Å². The van der Waals surface area contributed by atoms with E-state index in [1.165, 1.54) is 0 Å².